The minimum absolute atomic E-state index is 0.181. The number of amides is 1. The summed E-state index contributed by atoms with van der Waals surface area (Å²) in [4.78, 5) is 12.0. The Hall–Kier alpha value is -0.570. The van der Waals surface area contributed by atoms with Gasteiger partial charge in [0.2, 0.25) is 5.91 Å². The van der Waals surface area contributed by atoms with Gasteiger partial charge in [0.1, 0.15) is 0 Å². The van der Waals surface area contributed by atoms with E-state index in [0.29, 0.717) is 6.42 Å². The fourth-order valence-corrected chi connectivity index (χ4v) is 0.316. The van der Waals surface area contributed by atoms with Gasteiger partial charge in [-0.2, -0.15) is 0 Å². The zero-order chi connectivity index (χ0) is 8.57. The maximum atomic E-state index is 10.4. The van der Waals surface area contributed by atoms with Gasteiger partial charge in [0, 0.05) is 27.1 Å². The summed E-state index contributed by atoms with van der Waals surface area (Å²) in [5.41, 5.74) is 0. The van der Waals surface area contributed by atoms with Gasteiger partial charge >= 0.3 is 0 Å². The van der Waals surface area contributed by atoms with E-state index in [9.17, 15) is 4.79 Å². The molecule has 0 radical (unpaired) electrons. The first-order valence-corrected chi connectivity index (χ1v) is 3.41. The fourth-order valence-electron chi connectivity index (χ4n) is 0.316. The van der Waals surface area contributed by atoms with Gasteiger partial charge in [-0.15, -0.1) is 0 Å². The number of hydrogen-bond donors (Lipinski definition) is 1. The summed E-state index contributed by atoms with van der Waals surface area (Å²) in [6, 6.07) is 0. The molecule has 1 amide bonds. The average molecular weight is 147 g/mol. The lowest BCUT2D eigenvalue weighted by Crippen LogP contribution is -2.19. The number of aliphatic hydroxyl groups is 1. The Morgan fingerprint density at radius 3 is 1.70 bits per heavy atom. The van der Waals surface area contributed by atoms with Crippen LogP contribution in [0.15, 0.2) is 0 Å². The van der Waals surface area contributed by atoms with E-state index in [2.05, 4.69) is 0 Å². The Bertz CT molecular complexity index is 81.7. The van der Waals surface area contributed by atoms with E-state index in [0.717, 1.165) is 0 Å². The molecule has 0 rings (SSSR count). The quantitative estimate of drug-likeness (QED) is 0.586. The molecule has 0 aromatic rings. The van der Waals surface area contributed by atoms with Crippen LogP contribution in [0.25, 0.3) is 0 Å². The second-order valence-corrected chi connectivity index (χ2v) is 1.96. The molecule has 10 heavy (non-hydrogen) atoms. The zero-order valence-corrected chi connectivity index (χ0v) is 7.22. The van der Waals surface area contributed by atoms with Crippen molar-refractivity contribution in [3.05, 3.63) is 0 Å². The number of hydrogen-bond acceptors (Lipinski definition) is 2. The molecular formula is C7H17NO2. The predicted octanol–water partition coefficient (Wildman–Crippen LogP) is 0.483. The van der Waals surface area contributed by atoms with Crippen molar-refractivity contribution >= 4 is 5.91 Å². The summed E-state index contributed by atoms with van der Waals surface area (Å²) in [6.45, 7) is 3.78. The van der Waals surface area contributed by atoms with E-state index in [1.807, 2.05) is 6.92 Å². The molecule has 3 heteroatoms. The summed E-state index contributed by atoms with van der Waals surface area (Å²) in [6.07, 6.45) is 0.604. The third kappa shape index (κ3) is 10.4. The Morgan fingerprint density at radius 2 is 1.70 bits per heavy atom. The maximum Gasteiger partial charge on any atom is 0.221 e. The van der Waals surface area contributed by atoms with Crippen molar-refractivity contribution in [3.63, 3.8) is 0 Å². The molecule has 0 atom stereocenters. The van der Waals surface area contributed by atoms with Gasteiger partial charge in [0.05, 0.1) is 0 Å². The van der Waals surface area contributed by atoms with Crippen molar-refractivity contribution in [2.24, 2.45) is 0 Å². The van der Waals surface area contributed by atoms with E-state index < -0.39 is 0 Å². The highest BCUT2D eigenvalue weighted by molar-refractivity contribution is 5.75. The van der Waals surface area contributed by atoms with E-state index in [4.69, 9.17) is 5.11 Å². The number of rotatable bonds is 1. The SMILES string of the molecule is CCC(=O)N(C)C.CCO. The number of aliphatic hydroxyl groups excluding tert-OH is 1. The van der Waals surface area contributed by atoms with E-state index in [-0.39, 0.29) is 12.5 Å². The molecule has 0 heterocycles. The fraction of sp³-hybridized carbons (Fsp3) is 0.857. The van der Waals surface area contributed by atoms with Gasteiger partial charge in [-0.3, -0.25) is 4.79 Å². The van der Waals surface area contributed by atoms with Gasteiger partial charge in [-0.25, -0.2) is 0 Å². The molecule has 0 spiro atoms. The molecule has 0 aliphatic heterocycles. The molecule has 3 nitrogen and oxygen atoms in total. The Labute approximate surface area is 62.7 Å². The van der Waals surface area contributed by atoms with Crippen molar-refractivity contribution in [1.29, 1.82) is 0 Å². The summed E-state index contributed by atoms with van der Waals surface area (Å²) < 4.78 is 0. The summed E-state index contributed by atoms with van der Waals surface area (Å²) >= 11 is 0. The van der Waals surface area contributed by atoms with E-state index in [1.165, 1.54) is 0 Å². The van der Waals surface area contributed by atoms with Crippen LogP contribution in [0.4, 0.5) is 0 Å². The monoisotopic (exact) mass is 147 g/mol. The van der Waals surface area contributed by atoms with Crippen LogP contribution in [0.1, 0.15) is 20.3 Å². The molecule has 1 N–H and O–H groups in total. The lowest BCUT2D eigenvalue weighted by Gasteiger charge is -2.05. The number of carbonyl (C=O) groups excluding carboxylic acids is 1. The zero-order valence-electron chi connectivity index (χ0n) is 7.22. The molecule has 0 saturated heterocycles. The second-order valence-electron chi connectivity index (χ2n) is 1.96. The molecule has 62 valence electrons. The number of nitrogens with zero attached hydrogens (tertiary/aromatic N) is 1. The lowest BCUT2D eigenvalue weighted by atomic mass is 10.4. The Morgan fingerprint density at radius 1 is 1.40 bits per heavy atom. The van der Waals surface area contributed by atoms with Crippen LogP contribution in [0.3, 0.4) is 0 Å². The van der Waals surface area contributed by atoms with E-state index >= 15 is 0 Å². The highest BCUT2D eigenvalue weighted by Gasteiger charge is 1.95. The smallest absolute Gasteiger partial charge is 0.221 e. The standard InChI is InChI=1S/C5H11NO.C2H6O/c1-4-5(7)6(2)3;1-2-3/h4H2,1-3H3;3H,2H2,1H3. The van der Waals surface area contributed by atoms with Crippen molar-refractivity contribution in [3.8, 4) is 0 Å². The third-order valence-electron chi connectivity index (χ3n) is 0.801. The van der Waals surface area contributed by atoms with Gasteiger partial charge in [-0.1, -0.05) is 6.92 Å². The van der Waals surface area contributed by atoms with Crippen LogP contribution in [0.2, 0.25) is 0 Å². The lowest BCUT2D eigenvalue weighted by molar-refractivity contribution is -0.128. The van der Waals surface area contributed by atoms with Gasteiger partial charge in [0.15, 0.2) is 0 Å². The molecule has 0 saturated carbocycles. The topological polar surface area (TPSA) is 40.5 Å². The first-order chi connectivity index (χ1) is 4.59. The maximum absolute atomic E-state index is 10.4. The highest BCUT2D eigenvalue weighted by Crippen LogP contribution is 1.81. The van der Waals surface area contributed by atoms with Crippen LogP contribution in [-0.2, 0) is 4.79 Å². The first-order valence-electron chi connectivity index (χ1n) is 3.41. The van der Waals surface area contributed by atoms with Crippen molar-refractivity contribution in [2.75, 3.05) is 20.7 Å². The van der Waals surface area contributed by atoms with Crippen LogP contribution in [0, 0.1) is 0 Å². The summed E-state index contributed by atoms with van der Waals surface area (Å²) in [5.74, 6) is 0.181. The second kappa shape index (κ2) is 8.43. The highest BCUT2D eigenvalue weighted by atomic mass is 16.2. The minimum Gasteiger partial charge on any atom is -0.397 e. The van der Waals surface area contributed by atoms with Crippen LogP contribution in [0.5, 0.6) is 0 Å². The van der Waals surface area contributed by atoms with Crippen molar-refractivity contribution in [2.45, 2.75) is 20.3 Å². The van der Waals surface area contributed by atoms with Crippen molar-refractivity contribution < 1.29 is 9.90 Å². The molecular weight excluding hydrogens is 130 g/mol. The molecule has 0 unspecified atom stereocenters. The first kappa shape index (κ1) is 12.1. The molecule has 0 aliphatic carbocycles. The summed E-state index contributed by atoms with van der Waals surface area (Å²) in [7, 11) is 3.51. The summed E-state index contributed by atoms with van der Waals surface area (Å²) in [5, 5.41) is 7.57. The van der Waals surface area contributed by atoms with Crippen LogP contribution >= 0.6 is 0 Å². The molecule has 0 aromatic carbocycles. The average Bonchev–Trinajstić information content (AvgIpc) is 1.88. The van der Waals surface area contributed by atoms with Crippen molar-refractivity contribution in [1.82, 2.24) is 4.90 Å². The predicted molar refractivity (Wildman–Crippen MR) is 41.7 cm³/mol. The molecule has 0 bridgehead atoms. The minimum atomic E-state index is 0.181. The van der Waals surface area contributed by atoms with Gasteiger partial charge < -0.3 is 10.0 Å². The normalized spacial score (nSPS) is 7.70. The van der Waals surface area contributed by atoms with E-state index in [1.54, 1.807) is 25.9 Å². The Kier molecular flexibility index (Phi) is 10.2. The van der Waals surface area contributed by atoms with Gasteiger partial charge in [0.25, 0.3) is 0 Å². The van der Waals surface area contributed by atoms with Gasteiger partial charge in [-0.05, 0) is 6.92 Å². The molecule has 0 aromatic heterocycles. The van der Waals surface area contributed by atoms with Crippen LogP contribution < -0.4 is 0 Å². The number of carbonyl (C=O) groups is 1. The van der Waals surface area contributed by atoms with Crippen LogP contribution in [-0.4, -0.2) is 36.6 Å². The molecule has 0 fully saturated rings. The largest absolute Gasteiger partial charge is 0.397 e. The molecule has 0 aliphatic rings. The Balaban J connectivity index is 0. The third-order valence-corrected chi connectivity index (χ3v) is 0.801.